The maximum atomic E-state index is 5.75. The normalized spacial score (nSPS) is 24.9. The van der Waals surface area contributed by atoms with E-state index in [0.29, 0.717) is 12.1 Å². The van der Waals surface area contributed by atoms with Gasteiger partial charge in [-0.15, -0.1) is 0 Å². The van der Waals surface area contributed by atoms with Crippen LogP contribution in [0.2, 0.25) is 0 Å². The second-order valence-electron chi connectivity index (χ2n) is 6.11. The van der Waals surface area contributed by atoms with Crippen LogP contribution in [0, 0.1) is 0 Å². The summed E-state index contributed by atoms with van der Waals surface area (Å²) in [6.07, 6.45) is 5.52. The number of anilines is 1. The third-order valence-corrected chi connectivity index (χ3v) is 4.75. The fraction of sp³-hybridized carbons (Fsp3) is 0.647. The van der Waals surface area contributed by atoms with E-state index in [4.69, 9.17) is 4.74 Å². The molecule has 2 fully saturated rings. The molecule has 3 heteroatoms. The van der Waals surface area contributed by atoms with Gasteiger partial charge in [0.2, 0.25) is 0 Å². The summed E-state index contributed by atoms with van der Waals surface area (Å²) in [6.45, 7) is 4.53. The van der Waals surface area contributed by atoms with Crippen LogP contribution in [0.4, 0.5) is 5.69 Å². The number of nitrogens with zero attached hydrogens (tertiary/aromatic N) is 2. The van der Waals surface area contributed by atoms with Gasteiger partial charge in [-0.1, -0.05) is 18.2 Å². The average molecular weight is 274 g/mol. The van der Waals surface area contributed by atoms with Crippen molar-refractivity contribution < 1.29 is 4.74 Å². The molecule has 3 rings (SSSR count). The number of ether oxygens (including phenoxy) is 1. The Hall–Kier alpha value is -1.06. The molecule has 0 spiro atoms. The number of hydrogen-bond donors (Lipinski definition) is 0. The van der Waals surface area contributed by atoms with Crippen LogP contribution in [-0.4, -0.2) is 50.3 Å². The summed E-state index contributed by atoms with van der Waals surface area (Å²) in [5.74, 6) is 0. The van der Waals surface area contributed by atoms with Crippen LogP contribution in [-0.2, 0) is 4.74 Å². The molecule has 1 unspecified atom stereocenters. The molecule has 0 bridgehead atoms. The molecule has 0 aliphatic carbocycles. The summed E-state index contributed by atoms with van der Waals surface area (Å²) < 4.78 is 5.75. The van der Waals surface area contributed by atoms with E-state index in [1.807, 2.05) is 0 Å². The minimum atomic E-state index is 0.499. The van der Waals surface area contributed by atoms with Gasteiger partial charge in [0, 0.05) is 45.0 Å². The zero-order chi connectivity index (χ0) is 13.8. The summed E-state index contributed by atoms with van der Waals surface area (Å²) in [6, 6.07) is 11.4. The summed E-state index contributed by atoms with van der Waals surface area (Å²) >= 11 is 0. The topological polar surface area (TPSA) is 15.7 Å². The zero-order valence-electron chi connectivity index (χ0n) is 12.5. The van der Waals surface area contributed by atoms with Gasteiger partial charge in [-0.05, 0) is 37.8 Å². The Labute approximate surface area is 122 Å². The van der Waals surface area contributed by atoms with Crippen LogP contribution in [0.3, 0.4) is 0 Å². The number of benzene rings is 1. The van der Waals surface area contributed by atoms with Crippen LogP contribution >= 0.6 is 0 Å². The smallest absolute Gasteiger partial charge is 0.0702 e. The molecule has 1 aromatic carbocycles. The number of rotatable bonds is 4. The molecule has 2 aliphatic heterocycles. The van der Waals surface area contributed by atoms with E-state index in [-0.39, 0.29) is 0 Å². The van der Waals surface area contributed by atoms with Gasteiger partial charge >= 0.3 is 0 Å². The van der Waals surface area contributed by atoms with Crippen molar-refractivity contribution in [2.24, 2.45) is 0 Å². The maximum absolute atomic E-state index is 5.75. The molecule has 1 atom stereocenters. The second-order valence-corrected chi connectivity index (χ2v) is 6.11. The minimum Gasteiger partial charge on any atom is -0.377 e. The highest BCUT2D eigenvalue weighted by molar-refractivity contribution is 5.46. The number of para-hydroxylation sites is 1. The Morgan fingerprint density at radius 3 is 2.55 bits per heavy atom. The first-order valence-corrected chi connectivity index (χ1v) is 7.95. The molecular weight excluding hydrogens is 248 g/mol. The standard InChI is InChI=1S/C17H26N2O/c1-18(15-6-3-2-4-7-15)16-9-11-19(12-10-16)14-17-8-5-13-20-17/h2-4,6-7,16-17H,5,8-14H2,1H3. The van der Waals surface area contributed by atoms with Gasteiger partial charge in [-0.2, -0.15) is 0 Å². The highest BCUT2D eigenvalue weighted by Gasteiger charge is 2.25. The van der Waals surface area contributed by atoms with Crippen LogP contribution in [0.1, 0.15) is 25.7 Å². The maximum Gasteiger partial charge on any atom is 0.0702 e. The van der Waals surface area contributed by atoms with Crippen LogP contribution < -0.4 is 4.90 Å². The first kappa shape index (κ1) is 13.9. The monoisotopic (exact) mass is 274 g/mol. The van der Waals surface area contributed by atoms with Gasteiger partial charge in [-0.25, -0.2) is 0 Å². The van der Waals surface area contributed by atoms with Crippen LogP contribution in [0.15, 0.2) is 30.3 Å². The molecule has 0 radical (unpaired) electrons. The van der Waals surface area contributed by atoms with E-state index < -0.39 is 0 Å². The Morgan fingerprint density at radius 2 is 1.90 bits per heavy atom. The van der Waals surface area contributed by atoms with Gasteiger partial charge in [0.25, 0.3) is 0 Å². The van der Waals surface area contributed by atoms with Crippen molar-refractivity contribution in [2.45, 2.75) is 37.8 Å². The van der Waals surface area contributed by atoms with Gasteiger partial charge in [-0.3, -0.25) is 0 Å². The van der Waals surface area contributed by atoms with Gasteiger partial charge in [0.1, 0.15) is 0 Å². The SMILES string of the molecule is CN(c1ccccc1)C1CCN(CC2CCCO2)CC1. The molecule has 0 amide bonds. The predicted molar refractivity (Wildman–Crippen MR) is 83.3 cm³/mol. The van der Waals surface area contributed by atoms with E-state index in [9.17, 15) is 0 Å². The lowest BCUT2D eigenvalue weighted by Crippen LogP contribution is -2.45. The predicted octanol–water partition coefficient (Wildman–Crippen LogP) is 2.77. The van der Waals surface area contributed by atoms with Crippen molar-refractivity contribution in [2.75, 3.05) is 38.2 Å². The molecule has 2 heterocycles. The molecule has 1 aromatic rings. The largest absolute Gasteiger partial charge is 0.377 e. The van der Waals surface area contributed by atoms with Crippen LogP contribution in [0.25, 0.3) is 0 Å². The van der Waals surface area contributed by atoms with E-state index >= 15 is 0 Å². The Morgan fingerprint density at radius 1 is 1.15 bits per heavy atom. The van der Waals surface area contributed by atoms with Gasteiger partial charge in [0.05, 0.1) is 6.10 Å². The van der Waals surface area contributed by atoms with Crippen LogP contribution in [0.5, 0.6) is 0 Å². The third kappa shape index (κ3) is 3.33. The van der Waals surface area contributed by atoms with E-state index in [0.717, 1.165) is 13.2 Å². The Kier molecular flexibility index (Phi) is 4.58. The summed E-state index contributed by atoms with van der Waals surface area (Å²) in [4.78, 5) is 5.04. The van der Waals surface area contributed by atoms with Crippen molar-refractivity contribution in [3.63, 3.8) is 0 Å². The summed E-state index contributed by atoms with van der Waals surface area (Å²) in [7, 11) is 2.23. The fourth-order valence-electron chi connectivity index (χ4n) is 3.44. The summed E-state index contributed by atoms with van der Waals surface area (Å²) in [5, 5.41) is 0. The highest BCUT2D eigenvalue weighted by atomic mass is 16.5. The Balaban J connectivity index is 1.48. The van der Waals surface area contributed by atoms with E-state index in [1.165, 1.54) is 44.5 Å². The van der Waals surface area contributed by atoms with Crippen molar-refractivity contribution in [3.05, 3.63) is 30.3 Å². The third-order valence-electron chi connectivity index (χ3n) is 4.75. The first-order chi connectivity index (χ1) is 9.83. The van der Waals surface area contributed by atoms with Crippen molar-refractivity contribution in [3.8, 4) is 0 Å². The van der Waals surface area contributed by atoms with Crippen molar-refractivity contribution >= 4 is 5.69 Å². The average Bonchev–Trinajstić information content (AvgIpc) is 3.01. The summed E-state index contributed by atoms with van der Waals surface area (Å²) in [5.41, 5.74) is 1.34. The molecule has 0 aromatic heterocycles. The fourth-order valence-corrected chi connectivity index (χ4v) is 3.44. The van der Waals surface area contributed by atoms with Gasteiger partial charge < -0.3 is 14.5 Å². The lowest BCUT2D eigenvalue weighted by molar-refractivity contribution is 0.0644. The van der Waals surface area contributed by atoms with E-state index in [2.05, 4.69) is 47.2 Å². The number of likely N-dealkylation sites (tertiary alicyclic amines) is 1. The number of piperidine rings is 1. The zero-order valence-corrected chi connectivity index (χ0v) is 12.5. The lowest BCUT2D eigenvalue weighted by atomic mass is 10.0. The van der Waals surface area contributed by atoms with Crippen molar-refractivity contribution in [1.82, 2.24) is 4.90 Å². The van der Waals surface area contributed by atoms with E-state index in [1.54, 1.807) is 0 Å². The molecule has 2 aliphatic rings. The van der Waals surface area contributed by atoms with Gasteiger partial charge in [0.15, 0.2) is 0 Å². The number of hydrogen-bond acceptors (Lipinski definition) is 3. The molecule has 0 saturated carbocycles. The molecule has 20 heavy (non-hydrogen) atoms. The molecule has 3 nitrogen and oxygen atoms in total. The molecular formula is C17H26N2O. The molecule has 2 saturated heterocycles. The quantitative estimate of drug-likeness (QED) is 0.839. The second kappa shape index (κ2) is 6.59. The lowest BCUT2D eigenvalue weighted by Gasteiger charge is -2.38. The first-order valence-electron chi connectivity index (χ1n) is 7.95. The highest BCUT2D eigenvalue weighted by Crippen LogP contribution is 2.23. The van der Waals surface area contributed by atoms with Crippen molar-refractivity contribution in [1.29, 1.82) is 0 Å². The molecule has 0 N–H and O–H groups in total. The molecule has 110 valence electrons. The Bertz CT molecular complexity index is 395. The minimum absolute atomic E-state index is 0.499.